The lowest BCUT2D eigenvalue weighted by Crippen LogP contribution is -2.15. The molecule has 0 fully saturated rings. The number of allylic oxidation sites excluding steroid dienone is 1. The van der Waals surface area contributed by atoms with Gasteiger partial charge in [-0.3, -0.25) is 4.79 Å². The summed E-state index contributed by atoms with van der Waals surface area (Å²) in [6.07, 6.45) is 4.91. The van der Waals surface area contributed by atoms with Crippen LogP contribution in [0.5, 0.6) is 0 Å². The molecular weight excluding hydrogens is 340 g/mol. The van der Waals surface area contributed by atoms with Gasteiger partial charge < -0.3 is 4.57 Å². The molecule has 0 bridgehead atoms. The number of thiazole rings is 1. The Morgan fingerprint density at radius 2 is 1.96 bits per heavy atom. The van der Waals surface area contributed by atoms with Crippen molar-refractivity contribution in [1.29, 1.82) is 0 Å². The van der Waals surface area contributed by atoms with Gasteiger partial charge >= 0.3 is 0 Å². The Morgan fingerprint density at radius 3 is 2.75 bits per heavy atom. The summed E-state index contributed by atoms with van der Waals surface area (Å²) >= 11 is 7.57. The minimum Gasteiger partial charge on any atom is -0.312 e. The lowest BCUT2D eigenvalue weighted by atomic mass is 10.2. The average Bonchev–Trinajstić information content (AvgIpc) is 2.92. The molecule has 0 unspecified atom stereocenters. The van der Waals surface area contributed by atoms with E-state index in [-0.39, 0.29) is 5.91 Å². The highest BCUT2D eigenvalue weighted by Gasteiger charge is 2.05. The van der Waals surface area contributed by atoms with E-state index >= 15 is 0 Å². The number of fused-ring (bicyclic) bond motifs is 1. The molecule has 1 heterocycles. The van der Waals surface area contributed by atoms with E-state index in [2.05, 4.69) is 11.6 Å². The number of nitrogens with zero attached hydrogens (tertiary/aromatic N) is 2. The summed E-state index contributed by atoms with van der Waals surface area (Å²) in [4.78, 5) is 17.1. The molecule has 0 saturated carbocycles. The van der Waals surface area contributed by atoms with Crippen molar-refractivity contribution >= 4 is 45.1 Å². The fourth-order valence-corrected chi connectivity index (χ4v) is 3.56. The zero-order chi connectivity index (χ0) is 16.9. The van der Waals surface area contributed by atoms with Crippen LogP contribution in [0.15, 0.2) is 72.3 Å². The van der Waals surface area contributed by atoms with Gasteiger partial charge in [-0.15, -0.1) is 6.58 Å². The van der Waals surface area contributed by atoms with Gasteiger partial charge in [0, 0.05) is 17.6 Å². The van der Waals surface area contributed by atoms with Crippen LogP contribution in [0.2, 0.25) is 5.02 Å². The second kappa shape index (κ2) is 7.43. The van der Waals surface area contributed by atoms with Crippen LogP contribution < -0.4 is 4.80 Å². The molecule has 2 aromatic carbocycles. The first-order valence-corrected chi connectivity index (χ1v) is 8.59. The number of rotatable bonds is 4. The van der Waals surface area contributed by atoms with Gasteiger partial charge in [-0.05, 0) is 29.8 Å². The van der Waals surface area contributed by atoms with E-state index in [1.54, 1.807) is 18.2 Å². The van der Waals surface area contributed by atoms with Crippen LogP contribution in [-0.4, -0.2) is 10.5 Å². The lowest BCUT2D eigenvalue weighted by Gasteiger charge is -1.99. The molecule has 1 aromatic heterocycles. The lowest BCUT2D eigenvalue weighted by molar-refractivity contribution is -0.113. The summed E-state index contributed by atoms with van der Waals surface area (Å²) in [6.45, 7) is 4.38. The molecule has 0 N–H and O–H groups in total. The Bertz CT molecular complexity index is 998. The van der Waals surface area contributed by atoms with Crippen molar-refractivity contribution < 1.29 is 4.79 Å². The summed E-state index contributed by atoms with van der Waals surface area (Å²) in [5.74, 6) is -0.320. The first kappa shape index (κ1) is 16.4. The molecule has 3 rings (SSSR count). The fourth-order valence-electron chi connectivity index (χ4n) is 2.31. The maximum atomic E-state index is 12.2. The zero-order valence-electron chi connectivity index (χ0n) is 12.9. The minimum absolute atomic E-state index is 0.320. The van der Waals surface area contributed by atoms with Crippen molar-refractivity contribution in [1.82, 2.24) is 4.57 Å². The molecule has 0 aliphatic carbocycles. The summed E-state index contributed by atoms with van der Waals surface area (Å²) in [7, 11) is 0. The number of amides is 1. The van der Waals surface area contributed by atoms with Crippen LogP contribution in [0.25, 0.3) is 16.3 Å². The zero-order valence-corrected chi connectivity index (χ0v) is 14.4. The van der Waals surface area contributed by atoms with E-state index in [4.69, 9.17) is 11.6 Å². The average molecular weight is 355 g/mol. The van der Waals surface area contributed by atoms with Gasteiger partial charge in [0.1, 0.15) is 0 Å². The minimum atomic E-state index is -0.320. The van der Waals surface area contributed by atoms with Crippen molar-refractivity contribution in [2.75, 3.05) is 0 Å². The normalized spacial score (nSPS) is 12.1. The van der Waals surface area contributed by atoms with Crippen molar-refractivity contribution in [3.8, 4) is 0 Å². The quantitative estimate of drug-likeness (QED) is 0.494. The molecular formula is C19H15ClN2OS. The second-order valence-electron chi connectivity index (χ2n) is 5.06. The van der Waals surface area contributed by atoms with Crippen molar-refractivity contribution in [2.45, 2.75) is 6.54 Å². The van der Waals surface area contributed by atoms with E-state index in [1.165, 1.54) is 17.4 Å². The van der Waals surface area contributed by atoms with Gasteiger partial charge in [-0.25, -0.2) is 0 Å². The standard InChI is InChI=1S/C19H15ClN2OS/c1-2-13-22-16-9-5-6-10-17(16)24-19(22)21-18(23)12-11-14-7-3-4-8-15(14)20/h2-12H,1,13H2/b12-11+,21-19?. The topological polar surface area (TPSA) is 34.4 Å². The van der Waals surface area contributed by atoms with E-state index in [0.29, 0.717) is 16.4 Å². The van der Waals surface area contributed by atoms with Crippen molar-refractivity contribution in [3.05, 3.63) is 82.6 Å². The molecule has 0 aliphatic heterocycles. The van der Waals surface area contributed by atoms with Gasteiger partial charge in [0.2, 0.25) is 0 Å². The highest BCUT2D eigenvalue weighted by Crippen LogP contribution is 2.17. The van der Waals surface area contributed by atoms with Gasteiger partial charge in [0.05, 0.1) is 10.2 Å². The molecule has 5 heteroatoms. The number of halogens is 1. The Morgan fingerprint density at radius 1 is 1.21 bits per heavy atom. The summed E-state index contributed by atoms with van der Waals surface area (Å²) in [5, 5.41) is 0.602. The molecule has 0 spiro atoms. The third-order valence-electron chi connectivity index (χ3n) is 3.42. The highest BCUT2D eigenvalue weighted by molar-refractivity contribution is 7.16. The molecule has 3 aromatic rings. The molecule has 1 amide bonds. The summed E-state index contributed by atoms with van der Waals surface area (Å²) in [5.41, 5.74) is 1.84. The fraction of sp³-hybridized carbons (Fsp3) is 0.0526. The first-order chi connectivity index (χ1) is 11.7. The van der Waals surface area contributed by atoms with Gasteiger partial charge in [-0.2, -0.15) is 4.99 Å². The smallest absolute Gasteiger partial charge is 0.272 e. The van der Waals surface area contributed by atoms with E-state index in [1.807, 2.05) is 47.0 Å². The molecule has 0 radical (unpaired) electrons. The molecule has 3 nitrogen and oxygen atoms in total. The SMILES string of the molecule is C=CCn1c(=NC(=O)/C=C/c2ccccc2Cl)sc2ccccc21. The van der Waals surface area contributed by atoms with Gasteiger partial charge in [0.25, 0.3) is 5.91 Å². The van der Waals surface area contributed by atoms with Crippen LogP contribution in [0.3, 0.4) is 0 Å². The van der Waals surface area contributed by atoms with Gasteiger partial charge in [-0.1, -0.05) is 59.3 Å². The Balaban J connectivity index is 1.97. The predicted molar refractivity (Wildman–Crippen MR) is 101 cm³/mol. The van der Waals surface area contributed by atoms with Gasteiger partial charge in [0.15, 0.2) is 4.80 Å². The largest absolute Gasteiger partial charge is 0.312 e. The van der Waals surface area contributed by atoms with Crippen LogP contribution in [0.1, 0.15) is 5.56 Å². The van der Waals surface area contributed by atoms with Crippen LogP contribution in [0.4, 0.5) is 0 Å². The van der Waals surface area contributed by atoms with Crippen LogP contribution in [-0.2, 0) is 11.3 Å². The Kier molecular flexibility index (Phi) is 5.08. The third-order valence-corrected chi connectivity index (χ3v) is 4.82. The maximum Gasteiger partial charge on any atom is 0.272 e. The highest BCUT2D eigenvalue weighted by atomic mass is 35.5. The van der Waals surface area contributed by atoms with E-state index in [0.717, 1.165) is 15.8 Å². The van der Waals surface area contributed by atoms with Crippen molar-refractivity contribution in [2.24, 2.45) is 4.99 Å². The summed E-state index contributed by atoms with van der Waals surface area (Å²) in [6, 6.07) is 15.3. The Hall–Kier alpha value is -2.43. The second-order valence-corrected chi connectivity index (χ2v) is 6.47. The number of carbonyl (C=O) groups excluding carboxylic acids is 1. The monoisotopic (exact) mass is 354 g/mol. The number of carbonyl (C=O) groups is 1. The summed E-state index contributed by atoms with van der Waals surface area (Å²) < 4.78 is 3.06. The first-order valence-electron chi connectivity index (χ1n) is 7.39. The van der Waals surface area contributed by atoms with Crippen LogP contribution in [0, 0.1) is 0 Å². The molecule has 0 saturated heterocycles. The number of hydrogen-bond acceptors (Lipinski definition) is 2. The maximum absolute atomic E-state index is 12.2. The molecule has 24 heavy (non-hydrogen) atoms. The predicted octanol–water partition coefficient (Wildman–Crippen LogP) is 4.68. The van der Waals surface area contributed by atoms with E-state index in [9.17, 15) is 4.79 Å². The third kappa shape index (κ3) is 3.55. The molecule has 120 valence electrons. The number of para-hydroxylation sites is 1. The number of aromatic nitrogens is 1. The number of benzene rings is 2. The molecule has 0 atom stereocenters. The van der Waals surface area contributed by atoms with Crippen LogP contribution >= 0.6 is 22.9 Å². The Labute approximate surface area is 148 Å². The van der Waals surface area contributed by atoms with E-state index < -0.39 is 0 Å². The number of hydrogen-bond donors (Lipinski definition) is 0. The molecule has 0 aliphatic rings. The van der Waals surface area contributed by atoms with Crippen molar-refractivity contribution in [3.63, 3.8) is 0 Å².